The summed E-state index contributed by atoms with van der Waals surface area (Å²) in [6.45, 7) is 4.23. The van der Waals surface area contributed by atoms with Gasteiger partial charge in [0.25, 0.3) is 0 Å². The number of benzene rings is 1. The van der Waals surface area contributed by atoms with E-state index in [9.17, 15) is 4.79 Å². The van der Waals surface area contributed by atoms with E-state index in [4.69, 9.17) is 4.74 Å². The van der Waals surface area contributed by atoms with Crippen LogP contribution in [0.2, 0.25) is 0 Å². The van der Waals surface area contributed by atoms with E-state index in [0.29, 0.717) is 12.3 Å². The van der Waals surface area contributed by atoms with Gasteiger partial charge in [0.05, 0.1) is 10.2 Å². The molecule has 0 radical (unpaired) electrons. The fourth-order valence-corrected chi connectivity index (χ4v) is 2.79. The van der Waals surface area contributed by atoms with E-state index in [0.717, 1.165) is 20.0 Å². The zero-order valence-corrected chi connectivity index (χ0v) is 11.3. The van der Waals surface area contributed by atoms with E-state index in [-0.39, 0.29) is 5.97 Å². The van der Waals surface area contributed by atoms with Crippen LogP contribution in [0.25, 0.3) is 10.9 Å². The number of rotatable bonds is 2. The SMILES string of the molecule is CCOC(=O)c1[nH]c2cccc(C)c2c1I. The second kappa shape index (κ2) is 4.45. The minimum atomic E-state index is -0.289. The maximum absolute atomic E-state index is 11.7. The van der Waals surface area contributed by atoms with E-state index in [2.05, 4.69) is 27.6 Å². The van der Waals surface area contributed by atoms with Crippen molar-refractivity contribution in [2.45, 2.75) is 13.8 Å². The molecule has 16 heavy (non-hydrogen) atoms. The Bertz CT molecular complexity index is 545. The maximum Gasteiger partial charge on any atom is 0.355 e. The summed E-state index contributed by atoms with van der Waals surface area (Å²) in [4.78, 5) is 14.8. The summed E-state index contributed by atoms with van der Waals surface area (Å²) in [5, 5.41) is 1.10. The third-order valence-corrected chi connectivity index (χ3v) is 3.53. The summed E-state index contributed by atoms with van der Waals surface area (Å²) in [5.41, 5.74) is 2.69. The molecule has 3 nitrogen and oxygen atoms in total. The Kier molecular flexibility index (Phi) is 3.18. The lowest BCUT2D eigenvalue weighted by atomic mass is 10.1. The summed E-state index contributed by atoms with van der Waals surface area (Å²) in [6.07, 6.45) is 0. The molecule has 0 spiro atoms. The molecule has 2 aromatic rings. The first-order valence-corrected chi connectivity index (χ1v) is 6.17. The number of fused-ring (bicyclic) bond motifs is 1. The Hall–Kier alpha value is -1.04. The smallest absolute Gasteiger partial charge is 0.355 e. The molecule has 2 rings (SSSR count). The number of ether oxygens (including phenoxy) is 1. The van der Waals surface area contributed by atoms with E-state index in [1.54, 1.807) is 6.92 Å². The standard InChI is InChI=1S/C12H12INO2/c1-3-16-12(15)11-10(13)9-7(2)5-4-6-8(9)14-11/h4-6,14H,3H2,1-2H3. The van der Waals surface area contributed by atoms with Gasteiger partial charge in [-0.15, -0.1) is 0 Å². The van der Waals surface area contributed by atoms with Crippen LogP contribution >= 0.6 is 22.6 Å². The average molecular weight is 329 g/mol. The normalized spacial score (nSPS) is 10.7. The van der Waals surface area contributed by atoms with E-state index in [1.165, 1.54) is 0 Å². The molecule has 1 aromatic carbocycles. The van der Waals surface area contributed by atoms with Gasteiger partial charge in [-0.25, -0.2) is 4.79 Å². The fraction of sp³-hybridized carbons (Fsp3) is 0.250. The predicted octanol–water partition coefficient (Wildman–Crippen LogP) is 3.26. The van der Waals surface area contributed by atoms with Crippen molar-refractivity contribution in [3.05, 3.63) is 33.0 Å². The predicted molar refractivity (Wildman–Crippen MR) is 71.7 cm³/mol. The van der Waals surface area contributed by atoms with Crippen molar-refractivity contribution in [3.8, 4) is 0 Å². The van der Waals surface area contributed by atoms with Crippen LogP contribution < -0.4 is 0 Å². The number of aryl methyl sites for hydroxylation is 1. The Morgan fingerprint density at radius 3 is 2.88 bits per heavy atom. The molecule has 0 aliphatic carbocycles. The van der Waals surface area contributed by atoms with Crippen molar-refractivity contribution in [3.63, 3.8) is 0 Å². The first-order chi connectivity index (χ1) is 7.65. The monoisotopic (exact) mass is 329 g/mol. The molecule has 0 bridgehead atoms. The Morgan fingerprint density at radius 2 is 2.25 bits per heavy atom. The van der Waals surface area contributed by atoms with Crippen LogP contribution in [0.15, 0.2) is 18.2 Å². The summed E-state index contributed by atoms with van der Waals surface area (Å²) in [7, 11) is 0. The lowest BCUT2D eigenvalue weighted by molar-refractivity contribution is 0.0519. The number of hydrogen-bond donors (Lipinski definition) is 1. The van der Waals surface area contributed by atoms with Crippen molar-refractivity contribution in [2.75, 3.05) is 6.61 Å². The number of aromatic nitrogens is 1. The quantitative estimate of drug-likeness (QED) is 0.679. The van der Waals surface area contributed by atoms with Gasteiger partial charge in [0.1, 0.15) is 5.69 Å². The first kappa shape index (κ1) is 11.4. The van der Waals surface area contributed by atoms with Gasteiger partial charge in [-0.2, -0.15) is 0 Å². The van der Waals surface area contributed by atoms with Crippen molar-refractivity contribution in [1.82, 2.24) is 4.98 Å². The Labute approximate surface area is 107 Å². The molecule has 1 N–H and O–H groups in total. The molecule has 84 valence electrons. The third-order valence-electron chi connectivity index (χ3n) is 2.45. The molecule has 0 aliphatic rings. The molecular formula is C12H12INO2. The molecule has 1 aromatic heterocycles. The number of hydrogen-bond acceptors (Lipinski definition) is 2. The maximum atomic E-state index is 11.7. The van der Waals surface area contributed by atoms with Crippen molar-refractivity contribution in [1.29, 1.82) is 0 Å². The number of carbonyl (C=O) groups excluding carboxylic acids is 1. The van der Waals surface area contributed by atoms with Crippen molar-refractivity contribution < 1.29 is 9.53 Å². The zero-order chi connectivity index (χ0) is 11.7. The molecule has 1 heterocycles. The Balaban J connectivity index is 2.61. The highest BCUT2D eigenvalue weighted by atomic mass is 127. The van der Waals surface area contributed by atoms with Crippen molar-refractivity contribution in [2.24, 2.45) is 0 Å². The lowest BCUT2D eigenvalue weighted by Gasteiger charge is -1.99. The van der Waals surface area contributed by atoms with Crippen LogP contribution in [0.1, 0.15) is 23.0 Å². The van der Waals surface area contributed by atoms with Gasteiger partial charge in [0.15, 0.2) is 0 Å². The fourth-order valence-electron chi connectivity index (χ4n) is 1.72. The lowest BCUT2D eigenvalue weighted by Crippen LogP contribution is -2.06. The largest absolute Gasteiger partial charge is 0.461 e. The van der Waals surface area contributed by atoms with Gasteiger partial charge in [0, 0.05) is 10.9 Å². The van der Waals surface area contributed by atoms with Crippen LogP contribution in [0, 0.1) is 10.5 Å². The van der Waals surface area contributed by atoms with Crippen LogP contribution in [-0.4, -0.2) is 17.6 Å². The number of carbonyl (C=O) groups is 1. The second-order valence-electron chi connectivity index (χ2n) is 3.53. The summed E-state index contributed by atoms with van der Waals surface area (Å²) < 4.78 is 5.94. The van der Waals surface area contributed by atoms with Gasteiger partial charge < -0.3 is 9.72 Å². The van der Waals surface area contributed by atoms with Crippen LogP contribution in [0.3, 0.4) is 0 Å². The zero-order valence-electron chi connectivity index (χ0n) is 9.13. The highest BCUT2D eigenvalue weighted by molar-refractivity contribution is 14.1. The molecule has 4 heteroatoms. The third kappa shape index (κ3) is 1.81. The highest BCUT2D eigenvalue weighted by Gasteiger charge is 2.17. The van der Waals surface area contributed by atoms with Crippen LogP contribution in [0.4, 0.5) is 0 Å². The molecule has 0 aliphatic heterocycles. The van der Waals surface area contributed by atoms with Crippen LogP contribution in [0.5, 0.6) is 0 Å². The minimum absolute atomic E-state index is 0.289. The Morgan fingerprint density at radius 1 is 1.50 bits per heavy atom. The molecule has 0 fully saturated rings. The molecule has 0 unspecified atom stereocenters. The average Bonchev–Trinajstić information content (AvgIpc) is 2.58. The highest BCUT2D eigenvalue weighted by Crippen LogP contribution is 2.27. The van der Waals surface area contributed by atoms with Gasteiger partial charge in [-0.05, 0) is 48.1 Å². The first-order valence-electron chi connectivity index (χ1n) is 5.09. The van der Waals surface area contributed by atoms with Crippen LogP contribution in [-0.2, 0) is 4.74 Å². The topological polar surface area (TPSA) is 42.1 Å². The van der Waals surface area contributed by atoms with Gasteiger partial charge in [-0.3, -0.25) is 0 Å². The van der Waals surface area contributed by atoms with E-state index >= 15 is 0 Å². The number of nitrogens with one attached hydrogen (secondary N) is 1. The van der Waals surface area contributed by atoms with Gasteiger partial charge >= 0.3 is 5.97 Å². The number of esters is 1. The summed E-state index contributed by atoms with van der Waals surface area (Å²) in [6, 6.07) is 5.97. The number of H-pyrrole nitrogens is 1. The van der Waals surface area contributed by atoms with Gasteiger partial charge in [0.2, 0.25) is 0 Å². The molecule has 0 amide bonds. The summed E-state index contributed by atoms with van der Waals surface area (Å²) in [5.74, 6) is -0.289. The van der Waals surface area contributed by atoms with Crippen molar-refractivity contribution >= 4 is 39.5 Å². The number of halogens is 1. The summed E-state index contributed by atoms with van der Waals surface area (Å²) >= 11 is 2.18. The molecule has 0 saturated carbocycles. The second-order valence-corrected chi connectivity index (χ2v) is 4.61. The van der Waals surface area contributed by atoms with E-state index in [1.807, 2.05) is 25.1 Å². The van der Waals surface area contributed by atoms with Gasteiger partial charge in [-0.1, -0.05) is 12.1 Å². The minimum Gasteiger partial charge on any atom is -0.461 e. The molecule has 0 saturated heterocycles. The number of aromatic amines is 1. The van der Waals surface area contributed by atoms with E-state index < -0.39 is 0 Å². The molecule has 0 atom stereocenters. The molecular weight excluding hydrogens is 317 g/mol.